The third-order valence-corrected chi connectivity index (χ3v) is 5.97. The Balaban J connectivity index is 2.58. The van der Waals surface area contributed by atoms with Crippen LogP contribution < -0.4 is 0 Å². The van der Waals surface area contributed by atoms with E-state index in [-0.39, 0.29) is 10.8 Å². The maximum Gasteiger partial charge on any atom is 0.137 e. The zero-order valence-corrected chi connectivity index (χ0v) is 12.2. The first-order valence-corrected chi connectivity index (χ1v) is 6.93. The summed E-state index contributed by atoms with van der Waals surface area (Å²) in [6.07, 6.45) is 2.48. The fourth-order valence-electron chi connectivity index (χ4n) is 3.93. The first kappa shape index (κ1) is 12.9. The molecule has 17 heavy (non-hydrogen) atoms. The predicted molar refractivity (Wildman–Crippen MR) is 71.8 cm³/mol. The normalized spacial score (nSPS) is 35.8. The summed E-state index contributed by atoms with van der Waals surface area (Å²) in [5.74, 6) is 1.76. The molecule has 96 valence electrons. The van der Waals surface area contributed by atoms with Crippen molar-refractivity contribution in [3.63, 3.8) is 0 Å². The van der Waals surface area contributed by atoms with E-state index in [0.29, 0.717) is 24.0 Å². The Kier molecular flexibility index (Phi) is 2.80. The molecule has 0 saturated heterocycles. The minimum absolute atomic E-state index is 0.195. The summed E-state index contributed by atoms with van der Waals surface area (Å²) in [7, 11) is 0. The van der Waals surface area contributed by atoms with E-state index in [2.05, 4.69) is 41.5 Å². The molecule has 0 amide bonds. The summed E-state index contributed by atoms with van der Waals surface area (Å²) in [6, 6.07) is 0. The third kappa shape index (κ3) is 1.70. The van der Waals surface area contributed by atoms with Crippen molar-refractivity contribution in [1.29, 1.82) is 0 Å². The molecule has 0 saturated carbocycles. The van der Waals surface area contributed by atoms with Gasteiger partial charge in [-0.15, -0.1) is 0 Å². The average Bonchev–Trinajstić information content (AvgIpc) is 2.25. The van der Waals surface area contributed by atoms with E-state index in [9.17, 15) is 4.79 Å². The van der Waals surface area contributed by atoms with Gasteiger partial charge in [0.1, 0.15) is 5.78 Å². The lowest BCUT2D eigenvalue weighted by Gasteiger charge is -2.53. The van der Waals surface area contributed by atoms with Crippen LogP contribution in [0.15, 0.2) is 11.1 Å². The van der Waals surface area contributed by atoms with Crippen molar-refractivity contribution in [2.75, 3.05) is 0 Å². The molecule has 0 radical (unpaired) electrons. The Morgan fingerprint density at radius 1 is 0.882 bits per heavy atom. The Hall–Kier alpha value is -0.590. The second-order valence-corrected chi connectivity index (χ2v) is 7.19. The van der Waals surface area contributed by atoms with E-state index in [1.165, 1.54) is 5.57 Å². The van der Waals surface area contributed by atoms with Crippen LogP contribution in [0.3, 0.4) is 0 Å². The van der Waals surface area contributed by atoms with Crippen LogP contribution in [0.5, 0.6) is 0 Å². The predicted octanol–water partition coefficient (Wildman–Crippen LogP) is 4.37. The molecule has 0 fully saturated rings. The molecule has 0 bridgehead atoms. The molecule has 2 aliphatic carbocycles. The average molecular weight is 234 g/mol. The van der Waals surface area contributed by atoms with Gasteiger partial charge >= 0.3 is 0 Å². The van der Waals surface area contributed by atoms with Crippen LogP contribution in [0.2, 0.25) is 0 Å². The third-order valence-electron chi connectivity index (χ3n) is 5.97. The van der Waals surface area contributed by atoms with Crippen LogP contribution in [-0.2, 0) is 4.79 Å². The summed E-state index contributed by atoms with van der Waals surface area (Å²) in [6.45, 7) is 14.1. The van der Waals surface area contributed by atoms with Crippen molar-refractivity contribution in [2.24, 2.45) is 22.7 Å². The zero-order valence-electron chi connectivity index (χ0n) is 12.2. The van der Waals surface area contributed by atoms with Gasteiger partial charge in [-0.25, -0.2) is 0 Å². The molecule has 2 unspecified atom stereocenters. The largest absolute Gasteiger partial charge is 0.299 e. The maximum atomic E-state index is 11.8. The number of rotatable bonds is 0. The van der Waals surface area contributed by atoms with Crippen molar-refractivity contribution in [3.8, 4) is 0 Å². The molecule has 0 N–H and O–H groups in total. The van der Waals surface area contributed by atoms with Gasteiger partial charge in [-0.1, -0.05) is 52.7 Å². The Bertz CT molecular complexity index is 384. The molecule has 0 heterocycles. The van der Waals surface area contributed by atoms with E-state index in [0.717, 1.165) is 12.8 Å². The highest BCUT2D eigenvalue weighted by Gasteiger charge is 2.49. The summed E-state index contributed by atoms with van der Waals surface area (Å²) in [4.78, 5) is 11.8. The number of Topliss-reactive ketones (excluding diaryl/α,β-unsaturated/α-hetero) is 1. The molecule has 0 aromatic heterocycles. The molecule has 1 heteroatoms. The van der Waals surface area contributed by atoms with Gasteiger partial charge in [-0.05, 0) is 29.1 Å². The fourth-order valence-corrected chi connectivity index (χ4v) is 3.93. The molecule has 2 rings (SSSR count). The van der Waals surface area contributed by atoms with Crippen LogP contribution in [0.4, 0.5) is 0 Å². The monoisotopic (exact) mass is 234 g/mol. The molecular weight excluding hydrogens is 208 g/mol. The van der Waals surface area contributed by atoms with Crippen LogP contribution in [0.1, 0.15) is 60.8 Å². The molecule has 0 aromatic carbocycles. The number of allylic oxidation sites excluding steroid dienone is 2. The summed E-state index contributed by atoms with van der Waals surface area (Å²) >= 11 is 0. The van der Waals surface area contributed by atoms with E-state index in [1.54, 1.807) is 5.57 Å². The summed E-state index contributed by atoms with van der Waals surface area (Å²) in [5, 5.41) is 0. The molecule has 2 atom stereocenters. The second-order valence-electron chi connectivity index (χ2n) is 7.19. The molecule has 2 aliphatic rings. The molecule has 0 spiro atoms. The van der Waals surface area contributed by atoms with Gasteiger partial charge in [0.25, 0.3) is 0 Å². The van der Waals surface area contributed by atoms with E-state index in [1.807, 2.05) is 0 Å². The van der Waals surface area contributed by atoms with Gasteiger partial charge in [0.15, 0.2) is 0 Å². The van der Waals surface area contributed by atoms with Gasteiger partial charge in [0.05, 0.1) is 0 Å². The van der Waals surface area contributed by atoms with Crippen LogP contribution in [0.25, 0.3) is 0 Å². The molecule has 1 nitrogen and oxygen atoms in total. The molecular formula is C16H26O. The van der Waals surface area contributed by atoms with Crippen molar-refractivity contribution in [2.45, 2.75) is 60.8 Å². The quantitative estimate of drug-likeness (QED) is 0.569. The second kappa shape index (κ2) is 3.70. The Morgan fingerprint density at radius 3 is 1.88 bits per heavy atom. The van der Waals surface area contributed by atoms with Crippen molar-refractivity contribution < 1.29 is 4.79 Å². The van der Waals surface area contributed by atoms with E-state index >= 15 is 0 Å². The number of ketones is 1. The molecule has 0 aromatic rings. The topological polar surface area (TPSA) is 17.1 Å². The first-order valence-electron chi connectivity index (χ1n) is 6.93. The standard InChI is InChI=1S/C16H26O/c1-10-11(2)16(5,6)14-9-12(17)7-8-13(14)15(10,3)4/h10-11H,7-9H2,1-6H3. The SMILES string of the molecule is CC1C(C)C(C)(C)C2=C(CCC(=O)C2)C1(C)C. The van der Waals surface area contributed by atoms with Crippen molar-refractivity contribution in [3.05, 3.63) is 11.1 Å². The van der Waals surface area contributed by atoms with E-state index < -0.39 is 0 Å². The number of carbonyl (C=O) groups excluding carboxylic acids is 1. The van der Waals surface area contributed by atoms with Crippen LogP contribution >= 0.6 is 0 Å². The highest BCUT2D eigenvalue weighted by atomic mass is 16.1. The smallest absolute Gasteiger partial charge is 0.137 e. The fraction of sp³-hybridized carbons (Fsp3) is 0.812. The van der Waals surface area contributed by atoms with Crippen LogP contribution in [-0.4, -0.2) is 5.78 Å². The first-order chi connectivity index (χ1) is 7.69. The van der Waals surface area contributed by atoms with Gasteiger partial charge in [-0.2, -0.15) is 0 Å². The van der Waals surface area contributed by atoms with E-state index in [4.69, 9.17) is 0 Å². The number of hydrogen-bond acceptors (Lipinski definition) is 1. The number of hydrogen-bond donors (Lipinski definition) is 0. The summed E-state index contributed by atoms with van der Waals surface area (Å²) < 4.78 is 0. The van der Waals surface area contributed by atoms with Crippen molar-refractivity contribution >= 4 is 5.78 Å². The van der Waals surface area contributed by atoms with Gasteiger partial charge in [0.2, 0.25) is 0 Å². The minimum Gasteiger partial charge on any atom is -0.299 e. The van der Waals surface area contributed by atoms with Crippen LogP contribution in [0, 0.1) is 22.7 Å². The Morgan fingerprint density at radius 2 is 1.35 bits per heavy atom. The molecule has 0 aliphatic heterocycles. The summed E-state index contributed by atoms with van der Waals surface area (Å²) in [5.41, 5.74) is 3.52. The Labute approximate surface area is 106 Å². The highest BCUT2D eigenvalue weighted by Crippen LogP contribution is 2.58. The van der Waals surface area contributed by atoms with Gasteiger partial charge in [-0.3, -0.25) is 4.79 Å². The lowest BCUT2D eigenvalue weighted by molar-refractivity contribution is -0.119. The maximum absolute atomic E-state index is 11.8. The van der Waals surface area contributed by atoms with Crippen molar-refractivity contribution in [1.82, 2.24) is 0 Å². The lowest BCUT2D eigenvalue weighted by atomic mass is 9.51. The number of carbonyl (C=O) groups is 1. The lowest BCUT2D eigenvalue weighted by Crippen LogP contribution is -2.45. The minimum atomic E-state index is 0.195. The van der Waals surface area contributed by atoms with Gasteiger partial charge < -0.3 is 0 Å². The zero-order chi connectivity index (χ0) is 13.0. The highest BCUT2D eigenvalue weighted by molar-refractivity contribution is 5.83. The van der Waals surface area contributed by atoms with Gasteiger partial charge in [0, 0.05) is 12.8 Å².